The number of piperidine rings is 1. The van der Waals surface area contributed by atoms with Gasteiger partial charge in [0.2, 0.25) is 5.91 Å². The fourth-order valence-corrected chi connectivity index (χ4v) is 2.98. The van der Waals surface area contributed by atoms with Crippen molar-refractivity contribution < 1.29 is 23.1 Å². The van der Waals surface area contributed by atoms with E-state index in [4.69, 9.17) is 9.15 Å². The van der Waals surface area contributed by atoms with Crippen molar-refractivity contribution in [2.75, 3.05) is 19.7 Å². The van der Waals surface area contributed by atoms with Crippen LogP contribution >= 0.6 is 0 Å². The maximum Gasteiger partial charge on any atom is 0.290 e. The Kier molecular flexibility index (Phi) is 5.88. The second-order valence-electron chi connectivity index (χ2n) is 6.08. The number of halogens is 1. The molecule has 0 spiro atoms. The zero-order chi connectivity index (χ0) is 18.4. The largest absolute Gasteiger partial charge is 0.492 e. The Balaban J connectivity index is 1.50. The number of likely N-dealkylation sites (tertiary alicyclic amines) is 1. The topological polar surface area (TPSA) is 71.8 Å². The van der Waals surface area contributed by atoms with Crippen molar-refractivity contribution in [1.82, 2.24) is 10.2 Å². The molecule has 1 unspecified atom stereocenters. The van der Waals surface area contributed by atoms with Crippen LogP contribution in [0.3, 0.4) is 0 Å². The van der Waals surface area contributed by atoms with E-state index in [1.165, 1.54) is 30.5 Å². The van der Waals surface area contributed by atoms with Crippen molar-refractivity contribution in [2.24, 2.45) is 0 Å². The molecule has 26 heavy (non-hydrogen) atoms. The third-order valence-electron chi connectivity index (χ3n) is 4.28. The quantitative estimate of drug-likeness (QED) is 0.804. The van der Waals surface area contributed by atoms with Crippen molar-refractivity contribution in [2.45, 2.75) is 25.3 Å². The van der Waals surface area contributed by atoms with Gasteiger partial charge in [0.1, 0.15) is 24.2 Å². The van der Waals surface area contributed by atoms with Crippen molar-refractivity contribution >= 4 is 11.8 Å². The number of carbonyl (C=O) groups is 2. The fourth-order valence-electron chi connectivity index (χ4n) is 2.98. The van der Waals surface area contributed by atoms with Gasteiger partial charge in [0.05, 0.1) is 12.8 Å². The molecule has 6 nitrogen and oxygen atoms in total. The van der Waals surface area contributed by atoms with Crippen LogP contribution in [0, 0.1) is 5.82 Å². The van der Waals surface area contributed by atoms with Gasteiger partial charge in [0, 0.05) is 6.54 Å². The number of hydrogen-bond acceptors (Lipinski definition) is 4. The number of nitrogens with one attached hydrogen (secondary N) is 1. The molecule has 1 N–H and O–H groups in total. The first-order chi connectivity index (χ1) is 12.6. The zero-order valence-electron chi connectivity index (χ0n) is 14.3. The van der Waals surface area contributed by atoms with E-state index in [2.05, 4.69) is 5.32 Å². The molecule has 1 fully saturated rings. The van der Waals surface area contributed by atoms with E-state index in [1.807, 2.05) is 0 Å². The van der Waals surface area contributed by atoms with Crippen molar-refractivity contribution in [1.29, 1.82) is 0 Å². The lowest BCUT2D eigenvalue weighted by Gasteiger charge is -2.34. The lowest BCUT2D eigenvalue weighted by atomic mass is 10.0. The van der Waals surface area contributed by atoms with Crippen molar-refractivity contribution in [3.63, 3.8) is 0 Å². The second kappa shape index (κ2) is 8.51. The minimum atomic E-state index is -0.507. The first kappa shape index (κ1) is 18.0. The van der Waals surface area contributed by atoms with Gasteiger partial charge in [-0.2, -0.15) is 0 Å². The summed E-state index contributed by atoms with van der Waals surface area (Å²) < 4.78 is 23.5. The maximum absolute atomic E-state index is 12.8. The number of amides is 2. The van der Waals surface area contributed by atoms with Gasteiger partial charge in [-0.1, -0.05) is 0 Å². The molecule has 1 aromatic heterocycles. The van der Waals surface area contributed by atoms with E-state index < -0.39 is 6.04 Å². The van der Waals surface area contributed by atoms with E-state index in [0.29, 0.717) is 25.3 Å². The van der Waals surface area contributed by atoms with Crippen molar-refractivity contribution in [3.8, 4) is 5.75 Å². The average molecular weight is 360 g/mol. The molecular formula is C19H21FN2O4. The van der Waals surface area contributed by atoms with E-state index >= 15 is 0 Å². The molecule has 1 aliphatic rings. The molecule has 2 amide bonds. The molecule has 7 heteroatoms. The number of furan rings is 1. The number of nitrogens with zero attached hydrogens (tertiary/aromatic N) is 1. The molecule has 138 valence electrons. The molecular weight excluding hydrogens is 339 g/mol. The highest BCUT2D eigenvalue weighted by Gasteiger charge is 2.33. The molecule has 1 aliphatic heterocycles. The summed E-state index contributed by atoms with van der Waals surface area (Å²) in [6.45, 7) is 1.09. The molecule has 0 saturated carbocycles. The Labute approximate surface area is 150 Å². The SMILES string of the molecule is O=C(NCCOc1ccc(F)cc1)C1CCCCN1C(=O)c1ccco1. The summed E-state index contributed by atoms with van der Waals surface area (Å²) in [5, 5.41) is 2.80. The van der Waals surface area contributed by atoms with Crippen LogP contribution in [0.5, 0.6) is 5.75 Å². The van der Waals surface area contributed by atoms with Gasteiger partial charge in [-0.25, -0.2) is 4.39 Å². The van der Waals surface area contributed by atoms with Crippen LogP contribution in [0.15, 0.2) is 47.1 Å². The molecule has 0 aliphatic carbocycles. The Morgan fingerprint density at radius 2 is 2.04 bits per heavy atom. The first-order valence-electron chi connectivity index (χ1n) is 8.66. The van der Waals surface area contributed by atoms with Gasteiger partial charge in [-0.05, 0) is 55.7 Å². The number of rotatable bonds is 6. The summed E-state index contributed by atoms with van der Waals surface area (Å²) in [5.41, 5.74) is 0. The fraction of sp³-hybridized carbons (Fsp3) is 0.368. The number of ether oxygens (including phenoxy) is 1. The Hall–Kier alpha value is -2.83. The number of hydrogen-bond donors (Lipinski definition) is 1. The first-order valence-corrected chi connectivity index (χ1v) is 8.66. The van der Waals surface area contributed by atoms with Crippen LogP contribution in [0.1, 0.15) is 29.8 Å². The summed E-state index contributed by atoms with van der Waals surface area (Å²) in [6.07, 6.45) is 3.83. The summed E-state index contributed by atoms with van der Waals surface area (Å²) in [4.78, 5) is 26.6. The summed E-state index contributed by atoms with van der Waals surface area (Å²) >= 11 is 0. The van der Waals surface area contributed by atoms with E-state index in [-0.39, 0.29) is 30.0 Å². The molecule has 3 rings (SSSR count). The van der Waals surface area contributed by atoms with E-state index in [1.54, 1.807) is 17.0 Å². The van der Waals surface area contributed by atoms with Crippen molar-refractivity contribution in [3.05, 3.63) is 54.2 Å². The van der Waals surface area contributed by atoms with Crippen LogP contribution < -0.4 is 10.1 Å². The Morgan fingerprint density at radius 1 is 1.23 bits per heavy atom. The Bertz CT molecular complexity index is 731. The minimum Gasteiger partial charge on any atom is -0.492 e. The van der Waals surface area contributed by atoms with Gasteiger partial charge in [-0.3, -0.25) is 9.59 Å². The maximum atomic E-state index is 12.8. The smallest absolute Gasteiger partial charge is 0.290 e. The monoisotopic (exact) mass is 360 g/mol. The molecule has 0 radical (unpaired) electrons. The van der Waals surface area contributed by atoms with E-state index in [0.717, 1.165) is 12.8 Å². The predicted molar refractivity (Wildman–Crippen MR) is 92.3 cm³/mol. The Morgan fingerprint density at radius 3 is 2.77 bits per heavy atom. The molecule has 1 atom stereocenters. The van der Waals surface area contributed by atoms with Gasteiger partial charge >= 0.3 is 0 Å². The van der Waals surface area contributed by atoms with Gasteiger partial charge < -0.3 is 19.4 Å². The van der Waals surface area contributed by atoms with Crippen LogP contribution in [-0.2, 0) is 4.79 Å². The second-order valence-corrected chi connectivity index (χ2v) is 6.08. The normalized spacial score (nSPS) is 17.0. The van der Waals surface area contributed by atoms with Crippen LogP contribution in [0.25, 0.3) is 0 Å². The summed E-state index contributed by atoms with van der Waals surface area (Å²) in [6, 6.07) is 8.43. The van der Waals surface area contributed by atoms with Crippen LogP contribution in [0.4, 0.5) is 4.39 Å². The predicted octanol–water partition coefficient (Wildman–Crippen LogP) is 2.61. The lowest BCUT2D eigenvalue weighted by molar-refractivity contribution is -0.126. The third-order valence-corrected chi connectivity index (χ3v) is 4.28. The molecule has 2 heterocycles. The van der Waals surface area contributed by atoms with Gasteiger partial charge in [0.25, 0.3) is 5.91 Å². The van der Waals surface area contributed by atoms with E-state index in [9.17, 15) is 14.0 Å². The van der Waals surface area contributed by atoms with Crippen LogP contribution in [0.2, 0.25) is 0 Å². The summed E-state index contributed by atoms with van der Waals surface area (Å²) in [7, 11) is 0. The van der Waals surface area contributed by atoms with Gasteiger partial charge in [-0.15, -0.1) is 0 Å². The highest BCUT2D eigenvalue weighted by atomic mass is 19.1. The number of carbonyl (C=O) groups excluding carboxylic acids is 2. The van der Waals surface area contributed by atoms with Gasteiger partial charge in [0.15, 0.2) is 5.76 Å². The summed E-state index contributed by atoms with van der Waals surface area (Å²) in [5.74, 6) is -0.0220. The molecule has 1 aromatic carbocycles. The highest BCUT2D eigenvalue weighted by molar-refractivity contribution is 5.95. The minimum absolute atomic E-state index is 0.202. The molecule has 0 bridgehead atoms. The highest BCUT2D eigenvalue weighted by Crippen LogP contribution is 2.20. The zero-order valence-corrected chi connectivity index (χ0v) is 14.3. The number of benzene rings is 1. The average Bonchev–Trinajstić information content (AvgIpc) is 3.20. The molecule has 1 saturated heterocycles. The third kappa shape index (κ3) is 4.41. The van der Waals surface area contributed by atoms with Crippen LogP contribution in [-0.4, -0.2) is 42.5 Å². The standard InChI is InChI=1S/C19H21FN2O4/c20-14-6-8-15(9-7-14)25-13-10-21-18(23)16-4-1-2-11-22(16)19(24)17-5-3-12-26-17/h3,5-9,12,16H,1-2,4,10-11,13H2,(H,21,23). The molecule has 2 aromatic rings. The lowest BCUT2D eigenvalue weighted by Crippen LogP contribution is -2.52.